The van der Waals surface area contributed by atoms with Crippen molar-refractivity contribution in [2.45, 2.75) is 0 Å². The quantitative estimate of drug-likeness (QED) is 0.514. The number of hydrogen-bond acceptors (Lipinski definition) is 2. The Labute approximate surface area is 69.0 Å². The van der Waals surface area contributed by atoms with E-state index in [1.807, 2.05) is 0 Å². The van der Waals surface area contributed by atoms with Crippen molar-refractivity contribution >= 4 is 24.2 Å². The largest absolute Gasteiger partial charge is 0.269 e. The monoisotopic (exact) mass is 162 g/mol. The molecule has 2 rings (SSSR count). The molecule has 4 heteroatoms. The van der Waals surface area contributed by atoms with Crippen LogP contribution in [0.5, 0.6) is 0 Å². The van der Waals surface area contributed by atoms with Crippen LogP contribution in [0, 0.1) is 0 Å². The topological polar surface area (TPSA) is 58.9 Å². The number of carbonyl (C=O) groups excluding carboxylic acids is 2. The van der Waals surface area contributed by atoms with Crippen LogP contribution in [0.2, 0.25) is 0 Å². The summed E-state index contributed by atoms with van der Waals surface area (Å²) in [5.41, 5.74) is 0. The van der Waals surface area contributed by atoms with Gasteiger partial charge in [0.25, 0.3) is 11.8 Å². The molecule has 0 radical (unpaired) electrons. The number of allylic oxidation sites excluding steroid dienone is 2. The lowest BCUT2D eigenvalue weighted by Crippen LogP contribution is -1.75. The van der Waals surface area contributed by atoms with Crippen molar-refractivity contribution in [3.05, 3.63) is 24.3 Å². The maximum Gasteiger partial charge on any atom is 0.269 e. The van der Waals surface area contributed by atoms with Crippen LogP contribution in [-0.4, -0.2) is 24.2 Å². The number of hydrogen-bond donors (Lipinski definition) is 0. The van der Waals surface area contributed by atoms with Gasteiger partial charge in [-0.15, -0.1) is 0 Å². The third-order valence-corrected chi connectivity index (χ3v) is 1.05. The van der Waals surface area contributed by atoms with Crippen LogP contribution in [0.25, 0.3) is 0 Å². The molecule has 0 fully saturated rings. The van der Waals surface area contributed by atoms with Gasteiger partial charge in [-0.25, -0.2) is 9.98 Å². The smallest absolute Gasteiger partial charge is 0.267 e. The van der Waals surface area contributed by atoms with E-state index in [0.29, 0.717) is 0 Å². The highest BCUT2D eigenvalue weighted by atomic mass is 16.1. The van der Waals surface area contributed by atoms with E-state index in [4.69, 9.17) is 0 Å². The van der Waals surface area contributed by atoms with Crippen LogP contribution in [-0.2, 0) is 9.59 Å². The van der Waals surface area contributed by atoms with Crippen LogP contribution in [0.15, 0.2) is 34.3 Å². The molecule has 0 saturated heterocycles. The lowest BCUT2D eigenvalue weighted by atomic mass is 10.6. The summed E-state index contributed by atoms with van der Waals surface area (Å²) in [6.07, 6.45) is 9.01. The molecule has 2 heterocycles. The van der Waals surface area contributed by atoms with Gasteiger partial charge in [0, 0.05) is 24.6 Å². The van der Waals surface area contributed by atoms with Gasteiger partial charge in [-0.05, 0) is 12.2 Å². The number of nitrogens with zero attached hydrogens (tertiary/aromatic N) is 2. The Morgan fingerprint density at radius 3 is 1.33 bits per heavy atom. The molecular weight excluding hydrogens is 156 g/mol. The molecular formula is C8H6N2O2. The van der Waals surface area contributed by atoms with Crippen molar-refractivity contribution in [1.82, 2.24) is 0 Å². The summed E-state index contributed by atoms with van der Waals surface area (Å²) < 4.78 is 0. The first-order valence-electron chi connectivity index (χ1n) is 3.28. The molecule has 60 valence electrons. The van der Waals surface area contributed by atoms with Gasteiger partial charge < -0.3 is 0 Å². The Bertz CT molecular complexity index is 251. The van der Waals surface area contributed by atoms with Crippen molar-refractivity contribution in [2.24, 2.45) is 9.98 Å². The van der Waals surface area contributed by atoms with Gasteiger partial charge in [-0.3, -0.25) is 9.59 Å². The van der Waals surface area contributed by atoms with Gasteiger partial charge in [-0.1, -0.05) is 0 Å². The van der Waals surface area contributed by atoms with Crippen LogP contribution >= 0.6 is 0 Å². The number of rotatable bonds is 0. The molecule has 0 aliphatic carbocycles. The van der Waals surface area contributed by atoms with Gasteiger partial charge in [0.05, 0.1) is 0 Å². The second kappa shape index (κ2) is 4.12. The highest BCUT2D eigenvalue weighted by molar-refractivity contribution is 6.03. The fraction of sp³-hybridized carbons (Fsp3) is 0. The zero-order valence-corrected chi connectivity index (χ0v) is 6.18. The van der Waals surface area contributed by atoms with Gasteiger partial charge >= 0.3 is 0 Å². The summed E-state index contributed by atoms with van der Waals surface area (Å²) >= 11 is 0. The second-order valence-corrected chi connectivity index (χ2v) is 1.95. The first-order chi connectivity index (χ1) is 5.79. The summed E-state index contributed by atoms with van der Waals surface area (Å²) in [6.45, 7) is 0. The molecule has 0 N–H and O–H groups in total. The van der Waals surface area contributed by atoms with E-state index in [-0.39, 0.29) is 11.8 Å². The minimum Gasteiger partial charge on any atom is -0.267 e. The number of amides is 2. The molecule has 0 aromatic carbocycles. The van der Waals surface area contributed by atoms with Gasteiger partial charge in [0.1, 0.15) is 0 Å². The molecule has 0 aromatic rings. The van der Waals surface area contributed by atoms with Crippen LogP contribution < -0.4 is 0 Å². The standard InChI is InChI=1S/2C4H3NO/c2*6-4-2-1-3-5-4/h2*1-3H. The molecule has 2 aliphatic rings. The van der Waals surface area contributed by atoms with Crippen molar-refractivity contribution in [3.63, 3.8) is 0 Å². The summed E-state index contributed by atoms with van der Waals surface area (Å²) in [6, 6.07) is 0. The molecule has 2 aliphatic heterocycles. The first kappa shape index (κ1) is 8.26. The predicted molar refractivity (Wildman–Crippen MR) is 45.3 cm³/mol. The Morgan fingerprint density at radius 2 is 1.25 bits per heavy atom. The molecule has 2 amide bonds. The maximum atomic E-state index is 9.96. The molecule has 4 nitrogen and oxygen atoms in total. The van der Waals surface area contributed by atoms with Gasteiger partial charge in [0.2, 0.25) is 0 Å². The SMILES string of the molecule is O=C1C=CC=N1.O=C1C=CC=N1. The summed E-state index contributed by atoms with van der Waals surface area (Å²) in [5, 5.41) is 0. The van der Waals surface area contributed by atoms with E-state index in [0.717, 1.165) is 0 Å². The first-order valence-corrected chi connectivity index (χ1v) is 3.28. The summed E-state index contributed by atoms with van der Waals surface area (Å²) in [4.78, 5) is 26.6. The van der Waals surface area contributed by atoms with E-state index >= 15 is 0 Å². The van der Waals surface area contributed by atoms with E-state index in [1.54, 1.807) is 12.2 Å². The average molecular weight is 162 g/mol. The number of carbonyl (C=O) groups is 2. The van der Waals surface area contributed by atoms with Crippen molar-refractivity contribution in [2.75, 3.05) is 0 Å². The van der Waals surface area contributed by atoms with E-state index < -0.39 is 0 Å². The average Bonchev–Trinajstić information content (AvgIpc) is 2.63. The van der Waals surface area contributed by atoms with Crippen LogP contribution in [0.3, 0.4) is 0 Å². The van der Waals surface area contributed by atoms with Crippen LogP contribution in [0.4, 0.5) is 0 Å². The van der Waals surface area contributed by atoms with E-state index in [1.165, 1.54) is 24.6 Å². The van der Waals surface area contributed by atoms with Crippen LogP contribution in [0.1, 0.15) is 0 Å². The molecule has 0 spiro atoms. The summed E-state index contributed by atoms with van der Waals surface area (Å²) in [7, 11) is 0. The zero-order valence-electron chi connectivity index (χ0n) is 6.18. The Kier molecular flexibility index (Phi) is 2.84. The van der Waals surface area contributed by atoms with Crippen molar-refractivity contribution in [3.8, 4) is 0 Å². The van der Waals surface area contributed by atoms with Crippen molar-refractivity contribution < 1.29 is 9.59 Å². The molecule has 0 unspecified atom stereocenters. The Morgan fingerprint density at radius 1 is 0.833 bits per heavy atom. The highest BCUT2D eigenvalue weighted by Crippen LogP contribution is 1.83. The lowest BCUT2D eigenvalue weighted by Gasteiger charge is -1.62. The molecule has 0 saturated carbocycles. The normalized spacial score (nSPS) is 17.0. The van der Waals surface area contributed by atoms with Gasteiger partial charge in [-0.2, -0.15) is 0 Å². The third-order valence-electron chi connectivity index (χ3n) is 1.05. The molecule has 0 bridgehead atoms. The fourth-order valence-electron chi connectivity index (χ4n) is 0.570. The summed E-state index contributed by atoms with van der Waals surface area (Å²) in [5.74, 6) is -0.315. The third kappa shape index (κ3) is 2.83. The Balaban J connectivity index is 0.000000120. The minimum absolute atomic E-state index is 0.157. The van der Waals surface area contributed by atoms with Crippen molar-refractivity contribution in [1.29, 1.82) is 0 Å². The maximum absolute atomic E-state index is 9.96. The number of aliphatic imine (C=N–C) groups is 2. The van der Waals surface area contributed by atoms with Gasteiger partial charge in [0.15, 0.2) is 0 Å². The van der Waals surface area contributed by atoms with E-state index in [9.17, 15) is 9.59 Å². The fourth-order valence-corrected chi connectivity index (χ4v) is 0.570. The molecule has 12 heavy (non-hydrogen) atoms. The lowest BCUT2D eigenvalue weighted by molar-refractivity contribution is -0.114. The highest BCUT2D eigenvalue weighted by Gasteiger charge is 1.90. The van der Waals surface area contributed by atoms with E-state index in [2.05, 4.69) is 9.98 Å². The predicted octanol–water partition coefficient (Wildman–Crippen LogP) is 0.307. The Hall–Kier alpha value is -1.84. The minimum atomic E-state index is -0.157. The zero-order chi connectivity index (χ0) is 8.81. The molecule has 0 atom stereocenters. The second-order valence-electron chi connectivity index (χ2n) is 1.95. The molecule has 0 aromatic heterocycles.